The minimum Gasteiger partial charge on any atom is -0.367 e. The smallest absolute Gasteiger partial charge is 0.162 e. The standard InChI is InChI=1S/C14H22ClIN2O/c1-6-14(7-2,19-8-3)13-17-11(9(4)5)10(16)12(15)18-13/h9H,6-8H2,1-5H3. The normalized spacial score (nSPS) is 12.2. The molecule has 108 valence electrons. The fraction of sp³-hybridized carbons (Fsp3) is 0.714. The molecule has 0 amide bonds. The zero-order valence-corrected chi connectivity index (χ0v) is 15.2. The number of rotatable bonds is 6. The van der Waals surface area contributed by atoms with Gasteiger partial charge in [0.25, 0.3) is 0 Å². The molecular formula is C14H22ClIN2O. The fourth-order valence-electron chi connectivity index (χ4n) is 2.13. The van der Waals surface area contributed by atoms with E-state index in [9.17, 15) is 0 Å². The highest BCUT2D eigenvalue weighted by molar-refractivity contribution is 14.1. The molecule has 0 radical (unpaired) electrons. The van der Waals surface area contributed by atoms with Crippen molar-refractivity contribution in [3.05, 3.63) is 20.2 Å². The van der Waals surface area contributed by atoms with Crippen molar-refractivity contribution in [1.29, 1.82) is 0 Å². The van der Waals surface area contributed by atoms with Gasteiger partial charge in [-0.3, -0.25) is 0 Å². The van der Waals surface area contributed by atoms with Gasteiger partial charge in [-0.2, -0.15) is 0 Å². The zero-order valence-electron chi connectivity index (χ0n) is 12.3. The van der Waals surface area contributed by atoms with E-state index in [0.29, 0.717) is 23.5 Å². The molecule has 0 N–H and O–H groups in total. The number of aromatic nitrogens is 2. The maximum Gasteiger partial charge on any atom is 0.162 e. The van der Waals surface area contributed by atoms with Crippen molar-refractivity contribution in [2.24, 2.45) is 0 Å². The van der Waals surface area contributed by atoms with Gasteiger partial charge in [0.05, 0.1) is 9.26 Å². The van der Waals surface area contributed by atoms with Crippen LogP contribution < -0.4 is 0 Å². The lowest BCUT2D eigenvalue weighted by Gasteiger charge is -2.30. The summed E-state index contributed by atoms with van der Waals surface area (Å²) in [6.07, 6.45) is 1.68. The van der Waals surface area contributed by atoms with Crippen molar-refractivity contribution in [2.75, 3.05) is 6.61 Å². The van der Waals surface area contributed by atoms with Crippen LogP contribution >= 0.6 is 34.2 Å². The molecule has 0 aliphatic rings. The van der Waals surface area contributed by atoms with Crippen LogP contribution in [0.5, 0.6) is 0 Å². The molecule has 3 nitrogen and oxygen atoms in total. The second-order valence-electron chi connectivity index (χ2n) is 4.83. The molecule has 5 heteroatoms. The Kier molecular flexibility index (Phi) is 6.47. The summed E-state index contributed by atoms with van der Waals surface area (Å²) in [4.78, 5) is 9.21. The number of halogens is 2. The maximum atomic E-state index is 6.27. The summed E-state index contributed by atoms with van der Waals surface area (Å²) in [5, 5.41) is 0.528. The molecule has 1 heterocycles. The Hall–Kier alpha value is 0.0600. The molecule has 0 aliphatic carbocycles. The Balaban J connectivity index is 3.40. The second kappa shape index (κ2) is 7.18. The fourth-order valence-corrected chi connectivity index (χ4v) is 3.17. The molecule has 0 aromatic carbocycles. The van der Waals surface area contributed by atoms with Crippen molar-refractivity contribution in [1.82, 2.24) is 9.97 Å². The monoisotopic (exact) mass is 396 g/mol. The van der Waals surface area contributed by atoms with Gasteiger partial charge in [0, 0.05) is 6.61 Å². The van der Waals surface area contributed by atoms with E-state index in [2.05, 4.69) is 55.3 Å². The molecule has 1 aromatic heterocycles. The van der Waals surface area contributed by atoms with Crippen LogP contribution in [-0.4, -0.2) is 16.6 Å². The van der Waals surface area contributed by atoms with Gasteiger partial charge in [-0.25, -0.2) is 9.97 Å². The van der Waals surface area contributed by atoms with Crippen molar-refractivity contribution in [3.63, 3.8) is 0 Å². The van der Waals surface area contributed by atoms with Crippen LogP contribution in [0, 0.1) is 3.57 Å². The maximum absolute atomic E-state index is 6.27. The molecule has 0 saturated carbocycles. The van der Waals surface area contributed by atoms with Gasteiger partial charge in [-0.05, 0) is 48.3 Å². The van der Waals surface area contributed by atoms with Gasteiger partial charge in [-0.1, -0.05) is 39.3 Å². The highest BCUT2D eigenvalue weighted by atomic mass is 127. The summed E-state index contributed by atoms with van der Waals surface area (Å²) >= 11 is 8.48. The van der Waals surface area contributed by atoms with Crippen LogP contribution in [0.2, 0.25) is 5.15 Å². The van der Waals surface area contributed by atoms with Crippen LogP contribution in [0.1, 0.15) is 64.9 Å². The number of hydrogen-bond donors (Lipinski definition) is 0. The highest BCUT2D eigenvalue weighted by Crippen LogP contribution is 2.34. The van der Waals surface area contributed by atoms with Crippen molar-refractivity contribution >= 4 is 34.2 Å². The SMILES string of the molecule is CCOC(CC)(CC)c1nc(Cl)c(I)c(C(C)C)n1. The van der Waals surface area contributed by atoms with Crippen LogP contribution in [0.3, 0.4) is 0 Å². The summed E-state index contributed by atoms with van der Waals surface area (Å²) in [6.45, 7) is 11.1. The van der Waals surface area contributed by atoms with Crippen molar-refractivity contribution < 1.29 is 4.74 Å². The average Bonchev–Trinajstić information content (AvgIpc) is 2.38. The van der Waals surface area contributed by atoms with Crippen molar-refractivity contribution in [3.8, 4) is 0 Å². The first-order chi connectivity index (χ1) is 8.91. The van der Waals surface area contributed by atoms with Crippen LogP contribution in [0.25, 0.3) is 0 Å². The number of hydrogen-bond acceptors (Lipinski definition) is 3. The van der Waals surface area contributed by atoms with Gasteiger partial charge in [-0.15, -0.1) is 0 Å². The minimum absolute atomic E-state index is 0.319. The Morgan fingerprint density at radius 3 is 2.21 bits per heavy atom. The van der Waals surface area contributed by atoms with Crippen molar-refractivity contribution in [2.45, 2.75) is 59.0 Å². The first kappa shape index (κ1) is 17.1. The van der Waals surface area contributed by atoms with E-state index in [1.807, 2.05) is 6.92 Å². The second-order valence-corrected chi connectivity index (χ2v) is 6.26. The van der Waals surface area contributed by atoms with Gasteiger partial charge in [0.2, 0.25) is 0 Å². The van der Waals surface area contributed by atoms with E-state index < -0.39 is 5.60 Å². The van der Waals surface area contributed by atoms with Crippen LogP contribution in [0.15, 0.2) is 0 Å². The van der Waals surface area contributed by atoms with E-state index in [4.69, 9.17) is 21.3 Å². The van der Waals surface area contributed by atoms with Crippen LogP contribution in [0.4, 0.5) is 0 Å². The lowest BCUT2D eigenvalue weighted by atomic mass is 9.95. The Labute approximate surface area is 134 Å². The molecule has 0 unspecified atom stereocenters. The van der Waals surface area contributed by atoms with Crippen LogP contribution in [-0.2, 0) is 10.3 Å². The zero-order chi connectivity index (χ0) is 14.6. The summed E-state index contributed by atoms with van der Waals surface area (Å²) in [5.41, 5.74) is 0.577. The summed E-state index contributed by atoms with van der Waals surface area (Å²) in [6, 6.07) is 0. The van der Waals surface area contributed by atoms with Gasteiger partial charge >= 0.3 is 0 Å². The minimum atomic E-state index is -0.424. The Morgan fingerprint density at radius 1 is 1.21 bits per heavy atom. The predicted octanol–water partition coefficient (Wildman–Crippen LogP) is 4.91. The molecule has 19 heavy (non-hydrogen) atoms. The predicted molar refractivity (Wildman–Crippen MR) is 87.7 cm³/mol. The highest BCUT2D eigenvalue weighted by Gasteiger charge is 2.33. The van der Waals surface area contributed by atoms with E-state index in [-0.39, 0.29) is 0 Å². The first-order valence-electron chi connectivity index (χ1n) is 6.79. The molecular weight excluding hydrogens is 375 g/mol. The number of nitrogens with zero attached hydrogens (tertiary/aromatic N) is 2. The van der Waals surface area contributed by atoms with Gasteiger partial charge < -0.3 is 4.74 Å². The van der Waals surface area contributed by atoms with E-state index in [0.717, 1.165) is 22.1 Å². The Bertz CT molecular complexity index is 434. The summed E-state index contributed by atoms with van der Waals surface area (Å²) in [7, 11) is 0. The largest absolute Gasteiger partial charge is 0.367 e. The molecule has 0 fully saturated rings. The number of ether oxygens (including phenoxy) is 1. The van der Waals surface area contributed by atoms with Gasteiger partial charge in [0.1, 0.15) is 10.8 Å². The molecule has 1 aromatic rings. The molecule has 0 bridgehead atoms. The quantitative estimate of drug-likeness (QED) is 0.506. The third kappa shape index (κ3) is 3.58. The topological polar surface area (TPSA) is 35.0 Å². The first-order valence-corrected chi connectivity index (χ1v) is 8.24. The van der Waals surface area contributed by atoms with E-state index in [1.165, 1.54) is 0 Å². The lowest BCUT2D eigenvalue weighted by Crippen LogP contribution is -2.31. The third-order valence-electron chi connectivity index (χ3n) is 3.35. The summed E-state index contributed by atoms with van der Waals surface area (Å²) in [5.74, 6) is 1.03. The lowest BCUT2D eigenvalue weighted by molar-refractivity contribution is -0.0573. The molecule has 0 spiro atoms. The molecule has 0 saturated heterocycles. The molecule has 1 rings (SSSR count). The van der Waals surface area contributed by atoms with E-state index in [1.54, 1.807) is 0 Å². The molecule has 0 aliphatic heterocycles. The third-order valence-corrected chi connectivity index (χ3v) is 5.01. The Morgan fingerprint density at radius 2 is 1.79 bits per heavy atom. The van der Waals surface area contributed by atoms with E-state index >= 15 is 0 Å². The van der Waals surface area contributed by atoms with Gasteiger partial charge in [0.15, 0.2) is 5.82 Å². The average molecular weight is 397 g/mol. The molecule has 0 atom stereocenters. The summed E-state index contributed by atoms with van der Waals surface area (Å²) < 4.78 is 6.90.